The summed E-state index contributed by atoms with van der Waals surface area (Å²) in [7, 11) is 0. The predicted octanol–water partition coefficient (Wildman–Crippen LogP) is 0.156. The second-order valence-corrected chi connectivity index (χ2v) is 3.85. The molecule has 1 rings (SSSR count). The average molecular weight is 186 g/mol. The van der Waals surface area contributed by atoms with Crippen LogP contribution in [0.25, 0.3) is 0 Å². The summed E-state index contributed by atoms with van der Waals surface area (Å²) in [4.78, 5) is 2.43. The molecule has 0 bridgehead atoms. The number of nitrogens with zero attached hydrogens (tertiary/aromatic N) is 1. The van der Waals surface area contributed by atoms with Crippen LogP contribution >= 0.6 is 0 Å². The van der Waals surface area contributed by atoms with Crippen molar-refractivity contribution in [2.24, 2.45) is 11.8 Å². The Balaban J connectivity index is 2.33. The van der Waals surface area contributed by atoms with E-state index in [9.17, 15) is 0 Å². The molecule has 0 radical (unpaired) electrons. The Morgan fingerprint density at radius 1 is 1.23 bits per heavy atom. The maximum atomic E-state index is 9.14. The van der Waals surface area contributed by atoms with Crippen molar-refractivity contribution >= 4 is 0 Å². The monoisotopic (exact) mass is 186 g/mol. The van der Waals surface area contributed by atoms with Crippen LogP contribution in [-0.4, -0.2) is 49.3 Å². The van der Waals surface area contributed by atoms with Gasteiger partial charge in [0.1, 0.15) is 0 Å². The van der Waals surface area contributed by atoms with E-state index in [1.165, 1.54) is 0 Å². The van der Waals surface area contributed by atoms with Gasteiger partial charge in [0, 0.05) is 19.7 Å². The van der Waals surface area contributed by atoms with Gasteiger partial charge in [-0.05, 0) is 31.5 Å². The fraction of sp³-hybridized carbons (Fsp3) is 1.00. The molecule has 0 aliphatic carbocycles. The van der Waals surface area contributed by atoms with Crippen LogP contribution in [0.5, 0.6) is 0 Å². The zero-order chi connectivity index (χ0) is 9.68. The smallest absolute Gasteiger partial charge is 0.0475 e. The van der Waals surface area contributed by atoms with E-state index in [0.29, 0.717) is 18.4 Å². The number of hydrogen-bond acceptors (Lipinski definition) is 3. The molecule has 0 spiro atoms. The highest BCUT2D eigenvalue weighted by Gasteiger charge is 2.27. The molecule has 0 saturated carbocycles. The van der Waals surface area contributed by atoms with E-state index in [-0.39, 0.29) is 0 Å². The average Bonchev–Trinajstić information content (AvgIpc) is 2.61. The fourth-order valence-electron chi connectivity index (χ4n) is 2.03. The molecular weight excluding hydrogens is 164 g/mol. The van der Waals surface area contributed by atoms with Crippen molar-refractivity contribution in [3.8, 4) is 0 Å². The molecule has 1 saturated heterocycles. The first-order valence-corrected chi connectivity index (χ1v) is 5.35. The third kappa shape index (κ3) is 2.93. The first kappa shape index (κ1) is 11.0. The van der Waals surface area contributed by atoms with Gasteiger partial charge < -0.3 is 15.3 Å². The molecule has 3 nitrogen and oxygen atoms in total. The normalized spacial score (nSPS) is 28.6. The maximum absolute atomic E-state index is 9.14. The minimum atomic E-state index is 0.332. The van der Waals surface area contributed by atoms with Crippen molar-refractivity contribution in [3.05, 3.63) is 0 Å². The summed E-state index contributed by atoms with van der Waals surface area (Å²) in [5, 5.41) is 12.5. The summed E-state index contributed by atoms with van der Waals surface area (Å²) >= 11 is 0. The van der Waals surface area contributed by atoms with E-state index < -0.39 is 0 Å². The minimum Gasteiger partial charge on any atom is -0.396 e. The van der Waals surface area contributed by atoms with E-state index in [1.54, 1.807) is 0 Å². The molecule has 1 unspecified atom stereocenters. The second-order valence-electron chi connectivity index (χ2n) is 3.85. The van der Waals surface area contributed by atoms with Gasteiger partial charge in [0.25, 0.3) is 0 Å². The van der Waals surface area contributed by atoms with E-state index in [2.05, 4.69) is 24.1 Å². The van der Waals surface area contributed by atoms with Gasteiger partial charge in [-0.15, -0.1) is 0 Å². The lowest BCUT2D eigenvalue weighted by molar-refractivity contribution is 0.169. The highest BCUT2D eigenvalue weighted by molar-refractivity contribution is 4.82. The third-order valence-corrected chi connectivity index (χ3v) is 3.10. The van der Waals surface area contributed by atoms with Gasteiger partial charge in [-0.25, -0.2) is 0 Å². The molecular formula is C10H22N2O. The Morgan fingerprint density at radius 3 is 2.38 bits per heavy atom. The number of aliphatic hydroxyl groups is 1. The Morgan fingerprint density at radius 2 is 1.85 bits per heavy atom. The molecule has 78 valence electrons. The fourth-order valence-corrected chi connectivity index (χ4v) is 2.03. The van der Waals surface area contributed by atoms with Gasteiger partial charge in [0.15, 0.2) is 0 Å². The standard InChI is InChI=1S/C10H22N2O/c1-3-12(4-2)7-9-5-11-6-10(9)8-13/h9-11,13H,3-8H2,1-2H3/t9?,10-/m1/s1. The molecule has 1 aliphatic rings. The topological polar surface area (TPSA) is 35.5 Å². The number of rotatable bonds is 5. The van der Waals surface area contributed by atoms with Gasteiger partial charge in [0.2, 0.25) is 0 Å². The van der Waals surface area contributed by atoms with E-state index in [4.69, 9.17) is 5.11 Å². The molecule has 0 aromatic rings. The van der Waals surface area contributed by atoms with Crippen molar-refractivity contribution in [1.82, 2.24) is 10.2 Å². The molecule has 1 heterocycles. The lowest BCUT2D eigenvalue weighted by atomic mass is 9.96. The van der Waals surface area contributed by atoms with Crippen molar-refractivity contribution in [2.45, 2.75) is 13.8 Å². The van der Waals surface area contributed by atoms with Crippen LogP contribution in [0.2, 0.25) is 0 Å². The number of hydrogen-bond donors (Lipinski definition) is 2. The third-order valence-electron chi connectivity index (χ3n) is 3.10. The van der Waals surface area contributed by atoms with Crippen molar-refractivity contribution < 1.29 is 5.11 Å². The van der Waals surface area contributed by atoms with Crippen LogP contribution in [0.15, 0.2) is 0 Å². The largest absolute Gasteiger partial charge is 0.396 e. The number of nitrogens with one attached hydrogen (secondary N) is 1. The first-order valence-electron chi connectivity index (χ1n) is 5.35. The molecule has 1 aliphatic heterocycles. The van der Waals surface area contributed by atoms with E-state index >= 15 is 0 Å². The molecule has 2 N–H and O–H groups in total. The zero-order valence-corrected chi connectivity index (χ0v) is 8.79. The molecule has 13 heavy (non-hydrogen) atoms. The highest BCUT2D eigenvalue weighted by Crippen LogP contribution is 2.17. The summed E-state index contributed by atoms with van der Waals surface area (Å²) in [6, 6.07) is 0. The van der Waals surface area contributed by atoms with Gasteiger partial charge in [0.05, 0.1) is 0 Å². The molecule has 1 fully saturated rings. The summed E-state index contributed by atoms with van der Waals surface area (Å²) in [6.07, 6.45) is 0. The van der Waals surface area contributed by atoms with Gasteiger partial charge >= 0.3 is 0 Å². The SMILES string of the molecule is CCN(CC)CC1CNC[C@@H]1CO. The molecule has 3 heteroatoms. The van der Waals surface area contributed by atoms with Crippen LogP contribution in [0.1, 0.15) is 13.8 Å². The zero-order valence-electron chi connectivity index (χ0n) is 8.79. The molecule has 2 atom stereocenters. The Hall–Kier alpha value is -0.120. The minimum absolute atomic E-state index is 0.332. The van der Waals surface area contributed by atoms with Crippen LogP contribution in [0, 0.1) is 11.8 Å². The summed E-state index contributed by atoms with van der Waals surface area (Å²) in [6.45, 7) is 10.1. The summed E-state index contributed by atoms with van der Waals surface area (Å²) < 4.78 is 0. The van der Waals surface area contributed by atoms with E-state index in [1.807, 2.05) is 0 Å². The quantitative estimate of drug-likeness (QED) is 0.642. The van der Waals surface area contributed by atoms with Gasteiger partial charge in [-0.2, -0.15) is 0 Å². The van der Waals surface area contributed by atoms with Crippen molar-refractivity contribution in [2.75, 3.05) is 39.3 Å². The first-order chi connectivity index (χ1) is 6.31. The number of aliphatic hydroxyl groups excluding tert-OH is 1. The Labute approximate surface area is 81.1 Å². The summed E-state index contributed by atoms with van der Waals surface area (Å²) in [5.41, 5.74) is 0. The lowest BCUT2D eigenvalue weighted by Gasteiger charge is -2.24. The van der Waals surface area contributed by atoms with Crippen LogP contribution in [0.4, 0.5) is 0 Å². The van der Waals surface area contributed by atoms with Crippen LogP contribution in [0.3, 0.4) is 0 Å². The Bertz CT molecular complexity index is 137. The molecule has 0 amide bonds. The summed E-state index contributed by atoms with van der Waals surface area (Å²) in [5.74, 6) is 1.12. The van der Waals surface area contributed by atoms with Gasteiger partial charge in [-0.3, -0.25) is 0 Å². The van der Waals surface area contributed by atoms with Crippen LogP contribution in [-0.2, 0) is 0 Å². The van der Waals surface area contributed by atoms with Gasteiger partial charge in [-0.1, -0.05) is 13.8 Å². The highest BCUT2D eigenvalue weighted by atomic mass is 16.3. The lowest BCUT2D eigenvalue weighted by Crippen LogP contribution is -2.33. The van der Waals surface area contributed by atoms with E-state index in [0.717, 1.165) is 32.7 Å². The van der Waals surface area contributed by atoms with Crippen molar-refractivity contribution in [3.63, 3.8) is 0 Å². The Kier molecular flexibility index (Phi) is 4.70. The second kappa shape index (κ2) is 5.58. The molecule has 0 aromatic heterocycles. The van der Waals surface area contributed by atoms with Crippen LogP contribution < -0.4 is 5.32 Å². The molecule has 0 aromatic carbocycles. The van der Waals surface area contributed by atoms with Crippen molar-refractivity contribution in [1.29, 1.82) is 0 Å². The predicted molar refractivity (Wildman–Crippen MR) is 54.7 cm³/mol. The maximum Gasteiger partial charge on any atom is 0.0475 e.